The van der Waals surface area contributed by atoms with Gasteiger partial charge in [0.1, 0.15) is 5.75 Å². The number of benzene rings is 1. The van der Waals surface area contributed by atoms with Crippen molar-refractivity contribution >= 4 is 17.3 Å². The summed E-state index contributed by atoms with van der Waals surface area (Å²) in [7, 11) is 1.66. The SMILES string of the molecule is COC1CCN(c2cc(OC(F)(F)F)ccc2Cl)CC1. The average molecular weight is 310 g/mol. The third-order valence-corrected chi connectivity index (χ3v) is 3.59. The third kappa shape index (κ3) is 3.93. The fraction of sp³-hybridized carbons (Fsp3) is 0.538. The van der Waals surface area contributed by atoms with Gasteiger partial charge in [-0.3, -0.25) is 0 Å². The van der Waals surface area contributed by atoms with E-state index in [1.54, 1.807) is 7.11 Å². The van der Waals surface area contributed by atoms with Crippen LogP contribution in [0, 0.1) is 0 Å². The van der Waals surface area contributed by atoms with Gasteiger partial charge in [-0.25, -0.2) is 0 Å². The largest absolute Gasteiger partial charge is 0.573 e. The molecule has 1 aliphatic heterocycles. The predicted octanol–water partition coefficient (Wildman–Crippen LogP) is 3.85. The molecule has 0 amide bonds. The quantitative estimate of drug-likeness (QED) is 0.846. The first kappa shape index (κ1) is 15.3. The molecule has 0 bridgehead atoms. The summed E-state index contributed by atoms with van der Waals surface area (Å²) in [5.41, 5.74) is 0.558. The average Bonchev–Trinajstić information content (AvgIpc) is 2.40. The predicted molar refractivity (Wildman–Crippen MR) is 70.4 cm³/mol. The molecule has 20 heavy (non-hydrogen) atoms. The Morgan fingerprint density at radius 3 is 2.45 bits per heavy atom. The molecule has 1 aliphatic rings. The minimum atomic E-state index is -4.70. The lowest BCUT2D eigenvalue weighted by atomic mass is 10.1. The molecule has 0 aliphatic carbocycles. The van der Waals surface area contributed by atoms with Crippen LogP contribution < -0.4 is 9.64 Å². The van der Waals surface area contributed by atoms with E-state index in [4.69, 9.17) is 16.3 Å². The van der Waals surface area contributed by atoms with Crippen molar-refractivity contribution in [1.29, 1.82) is 0 Å². The molecule has 0 unspecified atom stereocenters. The Hall–Kier alpha value is -1.14. The van der Waals surface area contributed by atoms with Crippen molar-refractivity contribution in [2.24, 2.45) is 0 Å². The second-order valence-corrected chi connectivity index (χ2v) is 4.99. The van der Waals surface area contributed by atoms with Crippen LogP contribution in [0.2, 0.25) is 5.02 Å². The van der Waals surface area contributed by atoms with Gasteiger partial charge in [-0.05, 0) is 25.0 Å². The highest BCUT2D eigenvalue weighted by Gasteiger charge is 2.31. The third-order valence-electron chi connectivity index (χ3n) is 3.27. The molecule has 1 aromatic carbocycles. The first-order chi connectivity index (χ1) is 9.39. The van der Waals surface area contributed by atoms with E-state index in [-0.39, 0.29) is 11.9 Å². The summed E-state index contributed by atoms with van der Waals surface area (Å²) in [5.74, 6) is -0.259. The molecule has 0 saturated carbocycles. The summed E-state index contributed by atoms with van der Waals surface area (Å²) in [6, 6.07) is 3.95. The van der Waals surface area contributed by atoms with Crippen molar-refractivity contribution in [2.45, 2.75) is 25.3 Å². The summed E-state index contributed by atoms with van der Waals surface area (Å²) in [4.78, 5) is 1.95. The van der Waals surface area contributed by atoms with Gasteiger partial charge in [0.2, 0.25) is 0 Å². The van der Waals surface area contributed by atoms with Crippen LogP contribution in [0.1, 0.15) is 12.8 Å². The molecular formula is C13H15ClF3NO2. The number of ether oxygens (including phenoxy) is 2. The Kier molecular flexibility index (Phi) is 4.65. The van der Waals surface area contributed by atoms with Crippen LogP contribution in [0.4, 0.5) is 18.9 Å². The lowest BCUT2D eigenvalue weighted by Crippen LogP contribution is -2.36. The molecule has 7 heteroatoms. The van der Waals surface area contributed by atoms with Crippen LogP contribution >= 0.6 is 11.6 Å². The minimum Gasteiger partial charge on any atom is -0.406 e. The number of methoxy groups -OCH3 is 1. The lowest BCUT2D eigenvalue weighted by Gasteiger charge is -2.33. The maximum atomic E-state index is 12.2. The topological polar surface area (TPSA) is 21.7 Å². The monoisotopic (exact) mass is 309 g/mol. The molecule has 2 rings (SSSR count). The first-order valence-corrected chi connectivity index (χ1v) is 6.60. The van der Waals surface area contributed by atoms with Gasteiger partial charge in [0.15, 0.2) is 0 Å². The maximum absolute atomic E-state index is 12.2. The van der Waals surface area contributed by atoms with Gasteiger partial charge in [0, 0.05) is 26.3 Å². The molecule has 1 fully saturated rings. The second kappa shape index (κ2) is 6.10. The van der Waals surface area contributed by atoms with Gasteiger partial charge in [-0.1, -0.05) is 11.6 Å². The fourth-order valence-corrected chi connectivity index (χ4v) is 2.50. The van der Waals surface area contributed by atoms with Crippen LogP contribution in [0.3, 0.4) is 0 Å². The van der Waals surface area contributed by atoms with E-state index in [1.165, 1.54) is 18.2 Å². The summed E-state index contributed by atoms with van der Waals surface area (Å²) < 4.78 is 45.9. The highest BCUT2D eigenvalue weighted by Crippen LogP contribution is 2.34. The van der Waals surface area contributed by atoms with Crippen LogP contribution in [0.25, 0.3) is 0 Å². The van der Waals surface area contributed by atoms with E-state index < -0.39 is 6.36 Å². The Labute approximate surface area is 120 Å². The highest BCUT2D eigenvalue weighted by atomic mass is 35.5. The number of halogens is 4. The molecule has 0 N–H and O–H groups in total. The molecule has 0 atom stereocenters. The number of nitrogens with zero attached hydrogens (tertiary/aromatic N) is 1. The minimum absolute atomic E-state index is 0.194. The lowest BCUT2D eigenvalue weighted by molar-refractivity contribution is -0.274. The van der Waals surface area contributed by atoms with E-state index in [0.717, 1.165) is 12.8 Å². The summed E-state index contributed by atoms with van der Waals surface area (Å²) in [5, 5.41) is 0.412. The van der Waals surface area contributed by atoms with E-state index in [2.05, 4.69) is 4.74 Å². The molecule has 3 nitrogen and oxygen atoms in total. The van der Waals surface area contributed by atoms with Crippen LogP contribution in [-0.2, 0) is 4.74 Å². The summed E-state index contributed by atoms with van der Waals surface area (Å²) in [6.45, 7) is 1.38. The maximum Gasteiger partial charge on any atom is 0.573 e. The van der Waals surface area contributed by atoms with Crippen molar-refractivity contribution < 1.29 is 22.6 Å². The van der Waals surface area contributed by atoms with Crippen molar-refractivity contribution in [3.05, 3.63) is 23.2 Å². The molecule has 0 radical (unpaired) electrons. The Bertz CT molecular complexity index is 459. The molecule has 1 aromatic rings. The number of hydrogen-bond acceptors (Lipinski definition) is 3. The van der Waals surface area contributed by atoms with E-state index >= 15 is 0 Å². The smallest absolute Gasteiger partial charge is 0.406 e. The molecule has 0 spiro atoms. The molecule has 0 aromatic heterocycles. The number of piperidine rings is 1. The fourth-order valence-electron chi connectivity index (χ4n) is 2.26. The first-order valence-electron chi connectivity index (χ1n) is 6.22. The Morgan fingerprint density at radius 1 is 1.25 bits per heavy atom. The zero-order valence-electron chi connectivity index (χ0n) is 10.9. The number of hydrogen-bond donors (Lipinski definition) is 0. The van der Waals surface area contributed by atoms with Crippen molar-refractivity contribution in [3.8, 4) is 5.75 Å². The van der Waals surface area contributed by atoms with E-state index in [0.29, 0.717) is 23.8 Å². The molecule has 1 heterocycles. The van der Waals surface area contributed by atoms with Crippen LogP contribution in [0.15, 0.2) is 18.2 Å². The normalized spacial score (nSPS) is 17.4. The van der Waals surface area contributed by atoms with Gasteiger partial charge < -0.3 is 14.4 Å². The Balaban J connectivity index is 2.13. The van der Waals surface area contributed by atoms with E-state index in [1.807, 2.05) is 4.90 Å². The zero-order chi connectivity index (χ0) is 14.8. The molecule has 1 saturated heterocycles. The van der Waals surface area contributed by atoms with Crippen molar-refractivity contribution in [2.75, 3.05) is 25.1 Å². The number of alkyl halides is 3. The zero-order valence-corrected chi connectivity index (χ0v) is 11.7. The van der Waals surface area contributed by atoms with Crippen molar-refractivity contribution in [3.63, 3.8) is 0 Å². The second-order valence-electron chi connectivity index (χ2n) is 4.58. The van der Waals surface area contributed by atoms with Gasteiger partial charge in [-0.2, -0.15) is 0 Å². The van der Waals surface area contributed by atoms with Gasteiger partial charge in [-0.15, -0.1) is 13.2 Å². The van der Waals surface area contributed by atoms with Gasteiger partial charge in [0.05, 0.1) is 16.8 Å². The van der Waals surface area contributed by atoms with Crippen LogP contribution in [0.5, 0.6) is 5.75 Å². The Morgan fingerprint density at radius 2 is 1.90 bits per heavy atom. The summed E-state index contributed by atoms with van der Waals surface area (Å²) >= 11 is 6.06. The van der Waals surface area contributed by atoms with Crippen molar-refractivity contribution in [1.82, 2.24) is 0 Å². The van der Waals surface area contributed by atoms with Gasteiger partial charge in [0.25, 0.3) is 0 Å². The number of anilines is 1. The van der Waals surface area contributed by atoms with Gasteiger partial charge >= 0.3 is 6.36 Å². The van der Waals surface area contributed by atoms with Crippen LogP contribution in [-0.4, -0.2) is 32.7 Å². The highest BCUT2D eigenvalue weighted by molar-refractivity contribution is 6.33. The molecule has 112 valence electrons. The standard InChI is InChI=1S/C13H15ClF3NO2/c1-19-9-4-6-18(7-5-9)12-8-10(2-3-11(12)14)20-13(15,16)17/h2-3,8-9H,4-7H2,1H3. The summed E-state index contributed by atoms with van der Waals surface area (Å²) in [6.07, 6.45) is -2.87. The number of rotatable bonds is 3. The molecular weight excluding hydrogens is 295 g/mol. The van der Waals surface area contributed by atoms with E-state index in [9.17, 15) is 13.2 Å².